The number of aryl methyl sites for hydroxylation is 1. The van der Waals surface area contributed by atoms with Gasteiger partial charge in [-0.2, -0.15) is 0 Å². The maximum Gasteiger partial charge on any atom is 0.303 e. The predicted octanol–water partition coefficient (Wildman–Crippen LogP) is 3.34. The van der Waals surface area contributed by atoms with E-state index in [-0.39, 0.29) is 12.3 Å². The van der Waals surface area contributed by atoms with Gasteiger partial charge in [0.15, 0.2) is 0 Å². The molecule has 0 amide bonds. The van der Waals surface area contributed by atoms with Crippen molar-refractivity contribution in [3.05, 3.63) is 27.7 Å². The summed E-state index contributed by atoms with van der Waals surface area (Å²) < 4.78 is 6.14. The van der Waals surface area contributed by atoms with Gasteiger partial charge in [-0.15, -0.1) is 0 Å². The molecule has 1 N–H and O–H groups in total. The van der Waals surface area contributed by atoms with E-state index >= 15 is 0 Å². The number of carboxylic acids is 1. The van der Waals surface area contributed by atoms with Crippen molar-refractivity contribution in [1.82, 2.24) is 0 Å². The van der Waals surface area contributed by atoms with Crippen LogP contribution in [0.25, 0.3) is 0 Å². The number of carboxylic acid groups (broad SMARTS) is 1. The standard InChI is InChI=1S/C12H15BrO3/c1-7(5-11(14)15)10-6-9(16-3)4-8(2)12(10)13/h4,6-7H,5H2,1-3H3,(H,14,15). The Morgan fingerprint density at radius 1 is 1.56 bits per heavy atom. The number of ether oxygens (including phenoxy) is 1. The van der Waals surface area contributed by atoms with E-state index in [1.165, 1.54) is 0 Å². The van der Waals surface area contributed by atoms with E-state index in [9.17, 15) is 4.79 Å². The molecule has 0 fully saturated rings. The predicted molar refractivity (Wildman–Crippen MR) is 66.1 cm³/mol. The minimum absolute atomic E-state index is 0.0410. The first-order chi connectivity index (χ1) is 7.45. The molecule has 4 heteroatoms. The van der Waals surface area contributed by atoms with Crippen LogP contribution in [-0.2, 0) is 4.79 Å². The van der Waals surface area contributed by atoms with Crippen molar-refractivity contribution < 1.29 is 14.6 Å². The number of benzene rings is 1. The molecule has 0 aromatic heterocycles. The van der Waals surface area contributed by atoms with Gasteiger partial charge in [0.1, 0.15) is 5.75 Å². The normalized spacial score (nSPS) is 12.2. The summed E-state index contributed by atoms with van der Waals surface area (Å²) in [7, 11) is 1.61. The van der Waals surface area contributed by atoms with E-state index in [0.717, 1.165) is 21.3 Å². The fourth-order valence-corrected chi connectivity index (χ4v) is 2.23. The van der Waals surface area contributed by atoms with Gasteiger partial charge in [0.2, 0.25) is 0 Å². The number of hydrogen-bond donors (Lipinski definition) is 1. The summed E-state index contributed by atoms with van der Waals surface area (Å²) in [5.74, 6) is -0.0755. The highest BCUT2D eigenvalue weighted by molar-refractivity contribution is 9.10. The van der Waals surface area contributed by atoms with Crippen LogP contribution in [0.15, 0.2) is 16.6 Å². The van der Waals surface area contributed by atoms with Gasteiger partial charge in [-0.05, 0) is 36.1 Å². The maximum absolute atomic E-state index is 10.7. The lowest BCUT2D eigenvalue weighted by molar-refractivity contribution is -0.137. The van der Waals surface area contributed by atoms with Gasteiger partial charge >= 0.3 is 5.97 Å². The number of hydrogen-bond acceptors (Lipinski definition) is 2. The van der Waals surface area contributed by atoms with Crippen molar-refractivity contribution in [2.45, 2.75) is 26.2 Å². The molecular formula is C12H15BrO3. The molecule has 16 heavy (non-hydrogen) atoms. The van der Waals surface area contributed by atoms with E-state index in [2.05, 4.69) is 15.9 Å². The first kappa shape index (κ1) is 13.0. The van der Waals surface area contributed by atoms with Crippen LogP contribution in [0.3, 0.4) is 0 Å². The molecular weight excluding hydrogens is 272 g/mol. The Morgan fingerprint density at radius 3 is 2.69 bits per heavy atom. The zero-order chi connectivity index (χ0) is 12.3. The fourth-order valence-electron chi connectivity index (χ4n) is 1.61. The van der Waals surface area contributed by atoms with Gasteiger partial charge in [-0.25, -0.2) is 0 Å². The molecule has 0 radical (unpaired) electrons. The molecule has 0 aliphatic heterocycles. The van der Waals surface area contributed by atoms with Crippen molar-refractivity contribution in [3.63, 3.8) is 0 Å². The molecule has 3 nitrogen and oxygen atoms in total. The number of methoxy groups -OCH3 is 1. The first-order valence-electron chi connectivity index (χ1n) is 5.01. The quantitative estimate of drug-likeness (QED) is 0.923. The molecule has 88 valence electrons. The lowest BCUT2D eigenvalue weighted by atomic mass is 9.96. The van der Waals surface area contributed by atoms with Crippen LogP contribution in [0.1, 0.15) is 30.4 Å². The highest BCUT2D eigenvalue weighted by Crippen LogP contribution is 2.33. The Morgan fingerprint density at radius 2 is 2.19 bits per heavy atom. The molecule has 0 saturated carbocycles. The number of rotatable bonds is 4. The monoisotopic (exact) mass is 286 g/mol. The van der Waals surface area contributed by atoms with Gasteiger partial charge in [0, 0.05) is 4.47 Å². The van der Waals surface area contributed by atoms with Crippen LogP contribution in [-0.4, -0.2) is 18.2 Å². The largest absolute Gasteiger partial charge is 0.497 e. The molecule has 0 aliphatic carbocycles. The Balaban J connectivity index is 3.10. The molecule has 1 unspecified atom stereocenters. The third-order valence-electron chi connectivity index (χ3n) is 2.50. The van der Waals surface area contributed by atoms with Gasteiger partial charge in [-0.1, -0.05) is 22.9 Å². The van der Waals surface area contributed by atoms with Crippen LogP contribution in [0.4, 0.5) is 0 Å². The van der Waals surface area contributed by atoms with Crippen molar-refractivity contribution in [2.24, 2.45) is 0 Å². The number of carbonyl (C=O) groups is 1. The smallest absolute Gasteiger partial charge is 0.303 e. The molecule has 0 aliphatic rings. The Bertz CT molecular complexity index is 401. The summed E-state index contributed by atoms with van der Waals surface area (Å²) in [5.41, 5.74) is 2.02. The second-order valence-corrected chi connectivity index (χ2v) is 4.64. The zero-order valence-electron chi connectivity index (χ0n) is 9.58. The van der Waals surface area contributed by atoms with Crippen LogP contribution in [0.5, 0.6) is 5.75 Å². The average molecular weight is 287 g/mol. The lowest BCUT2D eigenvalue weighted by Gasteiger charge is -2.15. The summed E-state index contributed by atoms with van der Waals surface area (Å²) in [4.78, 5) is 10.7. The van der Waals surface area contributed by atoms with Crippen LogP contribution in [0, 0.1) is 6.92 Å². The highest BCUT2D eigenvalue weighted by atomic mass is 79.9. The third-order valence-corrected chi connectivity index (χ3v) is 3.59. The van der Waals surface area contributed by atoms with Crippen LogP contribution < -0.4 is 4.74 Å². The summed E-state index contributed by atoms with van der Waals surface area (Å²) in [5, 5.41) is 8.79. The van der Waals surface area contributed by atoms with E-state index in [1.54, 1.807) is 7.11 Å². The second kappa shape index (κ2) is 5.34. The molecule has 0 saturated heterocycles. The van der Waals surface area contributed by atoms with Crippen molar-refractivity contribution in [2.75, 3.05) is 7.11 Å². The molecule has 0 heterocycles. The van der Waals surface area contributed by atoms with Crippen LogP contribution in [0.2, 0.25) is 0 Å². The zero-order valence-corrected chi connectivity index (χ0v) is 11.2. The summed E-state index contributed by atoms with van der Waals surface area (Å²) >= 11 is 3.49. The van der Waals surface area contributed by atoms with E-state index < -0.39 is 5.97 Å². The van der Waals surface area contributed by atoms with Gasteiger partial charge in [-0.3, -0.25) is 4.79 Å². The molecule has 1 aromatic rings. The molecule has 1 aromatic carbocycles. The Kier molecular flexibility index (Phi) is 4.35. The summed E-state index contributed by atoms with van der Waals surface area (Å²) in [6, 6.07) is 3.80. The van der Waals surface area contributed by atoms with Crippen molar-refractivity contribution in [1.29, 1.82) is 0 Å². The molecule has 0 spiro atoms. The second-order valence-electron chi connectivity index (χ2n) is 3.85. The summed E-state index contributed by atoms with van der Waals surface area (Å²) in [6.07, 6.45) is 0.116. The van der Waals surface area contributed by atoms with E-state index in [1.807, 2.05) is 26.0 Å². The topological polar surface area (TPSA) is 46.5 Å². The fraction of sp³-hybridized carbons (Fsp3) is 0.417. The molecule has 1 atom stereocenters. The lowest BCUT2D eigenvalue weighted by Crippen LogP contribution is -2.04. The minimum Gasteiger partial charge on any atom is -0.497 e. The number of halogens is 1. The van der Waals surface area contributed by atoms with Gasteiger partial charge < -0.3 is 9.84 Å². The number of aliphatic carboxylic acids is 1. The van der Waals surface area contributed by atoms with Crippen molar-refractivity contribution >= 4 is 21.9 Å². The van der Waals surface area contributed by atoms with Gasteiger partial charge in [0.25, 0.3) is 0 Å². The first-order valence-corrected chi connectivity index (χ1v) is 5.80. The van der Waals surface area contributed by atoms with Gasteiger partial charge in [0.05, 0.1) is 13.5 Å². The van der Waals surface area contributed by atoms with E-state index in [4.69, 9.17) is 9.84 Å². The Hall–Kier alpha value is -1.03. The van der Waals surface area contributed by atoms with Crippen molar-refractivity contribution in [3.8, 4) is 5.75 Å². The average Bonchev–Trinajstić information content (AvgIpc) is 2.20. The SMILES string of the molecule is COc1cc(C)c(Br)c(C(C)CC(=O)O)c1. The van der Waals surface area contributed by atoms with E-state index in [0.29, 0.717) is 0 Å². The highest BCUT2D eigenvalue weighted by Gasteiger charge is 2.15. The minimum atomic E-state index is -0.792. The molecule has 0 bridgehead atoms. The third kappa shape index (κ3) is 2.98. The Labute approximate surface area is 104 Å². The van der Waals surface area contributed by atoms with Crippen LogP contribution >= 0.6 is 15.9 Å². The molecule has 1 rings (SSSR count). The maximum atomic E-state index is 10.7. The summed E-state index contributed by atoms with van der Waals surface area (Å²) in [6.45, 7) is 3.86.